The summed E-state index contributed by atoms with van der Waals surface area (Å²) in [5, 5.41) is 0.651. The van der Waals surface area contributed by atoms with Crippen molar-refractivity contribution >= 4 is 58.1 Å². The maximum absolute atomic E-state index is 12.9. The Morgan fingerprint density at radius 1 is 1.09 bits per heavy atom. The van der Waals surface area contributed by atoms with E-state index in [0.29, 0.717) is 28.0 Å². The molecule has 4 rings (SSSR count). The predicted molar refractivity (Wildman–Crippen MR) is 128 cm³/mol. The van der Waals surface area contributed by atoms with Crippen LogP contribution in [0.4, 0.5) is 4.79 Å². The van der Waals surface area contributed by atoms with E-state index in [1.165, 1.54) is 0 Å². The maximum Gasteiger partial charge on any atom is 0.294 e. The molecular formula is C23H23Cl2N3O3S. The van der Waals surface area contributed by atoms with Crippen molar-refractivity contribution in [3.63, 3.8) is 0 Å². The van der Waals surface area contributed by atoms with Crippen LogP contribution < -0.4 is 0 Å². The Bertz CT molecular complexity index is 1140. The summed E-state index contributed by atoms with van der Waals surface area (Å²) in [5.41, 5.74) is 3.40. The number of halogens is 2. The summed E-state index contributed by atoms with van der Waals surface area (Å²) in [6.07, 6.45) is 4.73. The lowest BCUT2D eigenvalue weighted by Crippen LogP contribution is -2.44. The molecule has 0 aliphatic carbocycles. The molecule has 0 saturated carbocycles. The Morgan fingerprint density at radius 2 is 1.81 bits per heavy atom. The van der Waals surface area contributed by atoms with Crippen LogP contribution in [-0.4, -0.2) is 51.1 Å². The number of rotatable bonds is 4. The Balaban J connectivity index is 1.57. The molecule has 2 aliphatic heterocycles. The van der Waals surface area contributed by atoms with E-state index in [0.717, 1.165) is 58.6 Å². The highest BCUT2D eigenvalue weighted by Gasteiger charge is 2.37. The molecule has 9 heteroatoms. The van der Waals surface area contributed by atoms with Crippen molar-refractivity contribution in [1.82, 2.24) is 14.4 Å². The molecule has 6 nitrogen and oxygen atoms in total. The van der Waals surface area contributed by atoms with Gasteiger partial charge in [0.1, 0.15) is 6.54 Å². The predicted octanol–water partition coefficient (Wildman–Crippen LogP) is 5.45. The van der Waals surface area contributed by atoms with E-state index >= 15 is 0 Å². The summed E-state index contributed by atoms with van der Waals surface area (Å²) >= 11 is 13.3. The normalized spacial score (nSPS) is 18.2. The number of imide groups is 1. The van der Waals surface area contributed by atoms with Gasteiger partial charge >= 0.3 is 0 Å². The summed E-state index contributed by atoms with van der Waals surface area (Å²) in [6, 6.07) is 7.23. The monoisotopic (exact) mass is 491 g/mol. The van der Waals surface area contributed by atoms with Gasteiger partial charge in [-0.2, -0.15) is 0 Å². The molecule has 2 saturated heterocycles. The molecule has 32 heavy (non-hydrogen) atoms. The number of aryl methyl sites for hydroxylation is 1. The molecule has 0 radical (unpaired) electrons. The lowest BCUT2D eigenvalue weighted by atomic mass is 10.1. The van der Waals surface area contributed by atoms with Crippen LogP contribution in [0.25, 0.3) is 11.8 Å². The standard InChI is InChI=1S/C23H23Cl2N3O3S/c1-14-10-16(15(2)28(14)19-7-6-17(24)12-18(19)25)11-20-22(30)27(23(31)32-20)13-21(29)26-8-4-3-5-9-26/h6-7,10-12H,3-5,8-9,13H2,1-2H3. The van der Waals surface area contributed by atoms with Crippen molar-refractivity contribution < 1.29 is 14.4 Å². The number of nitrogens with zero attached hydrogens (tertiary/aromatic N) is 3. The van der Waals surface area contributed by atoms with Crippen LogP contribution in [0.3, 0.4) is 0 Å². The molecule has 0 N–H and O–H groups in total. The van der Waals surface area contributed by atoms with Crippen LogP contribution in [-0.2, 0) is 9.59 Å². The van der Waals surface area contributed by atoms with E-state index in [9.17, 15) is 14.4 Å². The number of carbonyl (C=O) groups is 3. The van der Waals surface area contributed by atoms with Gasteiger partial charge in [-0.25, -0.2) is 0 Å². The highest BCUT2D eigenvalue weighted by molar-refractivity contribution is 8.18. The molecule has 0 unspecified atom stereocenters. The zero-order valence-electron chi connectivity index (χ0n) is 17.9. The van der Waals surface area contributed by atoms with Crippen LogP contribution in [0.1, 0.15) is 36.2 Å². The number of thioether (sulfide) groups is 1. The average molecular weight is 492 g/mol. The van der Waals surface area contributed by atoms with Crippen LogP contribution in [0.15, 0.2) is 29.2 Å². The Labute approximate surface area is 201 Å². The smallest absolute Gasteiger partial charge is 0.294 e. The fraction of sp³-hybridized carbons (Fsp3) is 0.348. The minimum absolute atomic E-state index is 0.177. The zero-order valence-corrected chi connectivity index (χ0v) is 20.2. The number of benzene rings is 1. The fourth-order valence-electron chi connectivity index (χ4n) is 4.12. The quantitative estimate of drug-likeness (QED) is 0.533. The minimum atomic E-state index is -0.431. The van der Waals surface area contributed by atoms with E-state index in [-0.39, 0.29) is 12.5 Å². The van der Waals surface area contributed by atoms with Gasteiger partial charge in [0.2, 0.25) is 5.91 Å². The summed E-state index contributed by atoms with van der Waals surface area (Å²) in [4.78, 5) is 41.0. The van der Waals surface area contributed by atoms with Crippen molar-refractivity contribution in [3.8, 4) is 5.69 Å². The molecule has 0 bridgehead atoms. The van der Waals surface area contributed by atoms with Crippen molar-refractivity contribution in [2.75, 3.05) is 19.6 Å². The molecule has 2 fully saturated rings. The number of hydrogen-bond donors (Lipinski definition) is 0. The van der Waals surface area contributed by atoms with E-state index in [2.05, 4.69) is 0 Å². The molecule has 0 spiro atoms. The van der Waals surface area contributed by atoms with Gasteiger partial charge in [0.25, 0.3) is 11.1 Å². The Kier molecular flexibility index (Phi) is 6.70. The summed E-state index contributed by atoms with van der Waals surface area (Å²) in [7, 11) is 0. The second-order valence-corrected chi connectivity index (χ2v) is 9.80. The molecule has 1 aromatic carbocycles. The van der Waals surface area contributed by atoms with E-state index in [1.807, 2.05) is 30.5 Å². The number of aromatic nitrogens is 1. The van der Waals surface area contributed by atoms with Gasteiger partial charge in [-0.1, -0.05) is 23.2 Å². The third-order valence-electron chi connectivity index (χ3n) is 5.78. The van der Waals surface area contributed by atoms with Crippen molar-refractivity contribution in [1.29, 1.82) is 0 Å². The van der Waals surface area contributed by atoms with Crippen LogP contribution in [0.2, 0.25) is 10.0 Å². The van der Waals surface area contributed by atoms with Crippen LogP contribution in [0.5, 0.6) is 0 Å². The highest BCUT2D eigenvalue weighted by atomic mass is 35.5. The largest absolute Gasteiger partial charge is 0.341 e. The molecule has 3 heterocycles. The third-order valence-corrected chi connectivity index (χ3v) is 7.23. The van der Waals surface area contributed by atoms with Gasteiger partial charge in [-0.05, 0) is 80.8 Å². The molecule has 2 aliphatic rings. The highest BCUT2D eigenvalue weighted by Crippen LogP contribution is 2.35. The maximum atomic E-state index is 12.9. The lowest BCUT2D eigenvalue weighted by molar-refractivity contribution is -0.136. The van der Waals surface area contributed by atoms with E-state index in [1.54, 1.807) is 23.1 Å². The first-order valence-corrected chi connectivity index (χ1v) is 12.0. The molecular weight excluding hydrogens is 469 g/mol. The minimum Gasteiger partial charge on any atom is -0.341 e. The van der Waals surface area contributed by atoms with Crippen LogP contribution in [0, 0.1) is 13.8 Å². The van der Waals surface area contributed by atoms with E-state index < -0.39 is 11.1 Å². The van der Waals surface area contributed by atoms with Gasteiger partial charge < -0.3 is 9.47 Å². The average Bonchev–Trinajstić information content (AvgIpc) is 3.18. The number of carbonyl (C=O) groups excluding carboxylic acids is 3. The van der Waals surface area contributed by atoms with Gasteiger partial charge in [0, 0.05) is 29.5 Å². The Morgan fingerprint density at radius 3 is 2.50 bits per heavy atom. The zero-order chi connectivity index (χ0) is 23.0. The van der Waals surface area contributed by atoms with Gasteiger partial charge in [0.15, 0.2) is 0 Å². The SMILES string of the molecule is Cc1cc(C=C2SC(=O)N(CC(=O)N3CCCCC3)C2=O)c(C)n1-c1ccc(Cl)cc1Cl. The second-order valence-electron chi connectivity index (χ2n) is 7.97. The molecule has 2 aromatic rings. The molecule has 168 valence electrons. The van der Waals surface area contributed by atoms with Crippen molar-refractivity contribution in [3.05, 3.63) is 56.2 Å². The second kappa shape index (κ2) is 9.33. The number of amides is 3. The van der Waals surface area contributed by atoms with E-state index in [4.69, 9.17) is 23.2 Å². The summed E-state index contributed by atoms with van der Waals surface area (Å²) < 4.78 is 1.98. The fourth-order valence-corrected chi connectivity index (χ4v) is 5.45. The molecule has 0 atom stereocenters. The number of likely N-dealkylation sites (tertiary alicyclic amines) is 1. The molecule has 1 aromatic heterocycles. The number of piperidine rings is 1. The van der Waals surface area contributed by atoms with Crippen molar-refractivity contribution in [2.24, 2.45) is 0 Å². The topological polar surface area (TPSA) is 62.6 Å². The van der Waals surface area contributed by atoms with Crippen LogP contribution >= 0.6 is 35.0 Å². The van der Waals surface area contributed by atoms with Crippen molar-refractivity contribution in [2.45, 2.75) is 33.1 Å². The first-order chi connectivity index (χ1) is 15.3. The summed E-state index contributed by atoms with van der Waals surface area (Å²) in [5.74, 6) is -0.608. The summed E-state index contributed by atoms with van der Waals surface area (Å²) in [6.45, 7) is 5.03. The first kappa shape index (κ1) is 23.0. The number of hydrogen-bond acceptors (Lipinski definition) is 4. The first-order valence-electron chi connectivity index (χ1n) is 10.4. The third kappa shape index (κ3) is 4.47. The van der Waals surface area contributed by atoms with Gasteiger partial charge in [0.05, 0.1) is 15.6 Å². The van der Waals surface area contributed by atoms with Gasteiger partial charge in [-0.3, -0.25) is 19.3 Å². The van der Waals surface area contributed by atoms with Gasteiger partial charge in [-0.15, -0.1) is 0 Å². The Hall–Kier alpha value is -2.22. The molecule has 3 amide bonds. The lowest BCUT2D eigenvalue weighted by Gasteiger charge is -2.27.